The zero-order valence-corrected chi connectivity index (χ0v) is 18.8. The van der Waals surface area contributed by atoms with Gasteiger partial charge in [-0.25, -0.2) is 4.79 Å². The molecule has 0 aliphatic heterocycles. The largest absolute Gasteiger partial charge is 0.423 e. The quantitative estimate of drug-likeness (QED) is 0.283. The lowest BCUT2D eigenvalue weighted by atomic mass is 9.95. The molecule has 0 bridgehead atoms. The van der Waals surface area contributed by atoms with Crippen LogP contribution in [0.25, 0.3) is 11.0 Å². The van der Waals surface area contributed by atoms with Gasteiger partial charge in [0.1, 0.15) is 5.58 Å². The molecule has 0 atom stereocenters. The predicted molar refractivity (Wildman–Crippen MR) is 125 cm³/mol. The minimum Gasteiger partial charge on any atom is -0.423 e. The molecule has 0 spiro atoms. The molecule has 2 heterocycles. The Labute approximate surface area is 183 Å². The van der Waals surface area contributed by atoms with E-state index in [-0.39, 0.29) is 5.63 Å². The summed E-state index contributed by atoms with van der Waals surface area (Å²) in [5, 5.41) is 13.6. The first-order chi connectivity index (χ1) is 14.5. The van der Waals surface area contributed by atoms with E-state index in [2.05, 4.69) is 54.5 Å². The molecule has 5 nitrogen and oxygen atoms in total. The molecule has 0 saturated heterocycles. The highest BCUT2D eigenvalue weighted by Crippen LogP contribution is 2.32. The smallest absolute Gasteiger partial charge is 0.336 e. The lowest BCUT2D eigenvalue weighted by Gasteiger charge is -2.12. The van der Waals surface area contributed by atoms with Gasteiger partial charge in [0, 0.05) is 23.8 Å². The number of nitrogens with one attached hydrogen (secondary N) is 1. The van der Waals surface area contributed by atoms with Crippen molar-refractivity contribution in [2.75, 3.05) is 5.32 Å². The molecule has 0 aliphatic rings. The summed E-state index contributed by atoms with van der Waals surface area (Å²) >= 11 is 3.10. The summed E-state index contributed by atoms with van der Waals surface area (Å²) in [6.07, 6.45) is 0. The number of hydrogen-bond acceptors (Lipinski definition) is 7. The zero-order valence-electron chi connectivity index (χ0n) is 17.1. The standard InChI is InChI=1S/C23H23N3O2S2/c1-14(2)18-11-19-17(10-21(27)28-20(19)9-15(18)3)13-29-23-26-25-22(30-23)24-12-16-7-5-4-6-8-16/h4-11,14H,12-13H2,1-3H3,(H,24,25). The Morgan fingerprint density at radius 2 is 1.93 bits per heavy atom. The van der Waals surface area contributed by atoms with Crippen LogP contribution in [0.15, 0.2) is 62.1 Å². The molecule has 0 fully saturated rings. The molecule has 4 rings (SSSR count). The molecule has 1 N–H and O–H groups in total. The maximum atomic E-state index is 12.1. The fourth-order valence-electron chi connectivity index (χ4n) is 3.39. The van der Waals surface area contributed by atoms with Gasteiger partial charge in [-0.2, -0.15) is 0 Å². The van der Waals surface area contributed by atoms with E-state index in [9.17, 15) is 4.79 Å². The van der Waals surface area contributed by atoms with Crippen molar-refractivity contribution in [1.82, 2.24) is 10.2 Å². The summed E-state index contributed by atoms with van der Waals surface area (Å²) in [4.78, 5) is 12.1. The average molecular weight is 438 g/mol. The number of rotatable bonds is 7. The molecule has 0 aliphatic carbocycles. The number of fused-ring (bicyclic) bond motifs is 1. The Balaban J connectivity index is 1.50. The van der Waals surface area contributed by atoms with Crippen LogP contribution in [0.2, 0.25) is 0 Å². The molecule has 2 aromatic carbocycles. The predicted octanol–water partition coefficient (Wildman–Crippen LogP) is 5.98. The molecule has 30 heavy (non-hydrogen) atoms. The third kappa shape index (κ3) is 4.74. The lowest BCUT2D eigenvalue weighted by molar-refractivity contribution is 0.559. The highest BCUT2D eigenvalue weighted by atomic mass is 32.2. The number of benzene rings is 2. The van der Waals surface area contributed by atoms with E-state index in [1.165, 1.54) is 22.5 Å². The van der Waals surface area contributed by atoms with Gasteiger partial charge in [0.2, 0.25) is 5.13 Å². The first kappa shape index (κ1) is 20.6. The molecule has 2 aromatic heterocycles. The van der Waals surface area contributed by atoms with Crippen LogP contribution >= 0.6 is 23.1 Å². The molecule has 154 valence electrons. The number of hydrogen-bond donors (Lipinski definition) is 1. The van der Waals surface area contributed by atoms with Gasteiger partial charge in [-0.15, -0.1) is 10.2 Å². The zero-order chi connectivity index (χ0) is 21.1. The van der Waals surface area contributed by atoms with E-state index in [1.54, 1.807) is 17.8 Å². The number of anilines is 1. The van der Waals surface area contributed by atoms with Gasteiger partial charge in [0.05, 0.1) is 0 Å². The molecule has 0 amide bonds. The second kappa shape index (κ2) is 9.02. The van der Waals surface area contributed by atoms with E-state index in [4.69, 9.17) is 4.42 Å². The SMILES string of the molecule is Cc1cc2oc(=O)cc(CSc3nnc(NCc4ccccc4)s3)c2cc1C(C)C. The van der Waals surface area contributed by atoms with Crippen molar-refractivity contribution < 1.29 is 4.42 Å². The first-order valence-electron chi connectivity index (χ1n) is 9.81. The summed E-state index contributed by atoms with van der Waals surface area (Å²) in [5.74, 6) is 1.04. The van der Waals surface area contributed by atoms with Crippen molar-refractivity contribution >= 4 is 39.2 Å². The fourth-order valence-corrected chi connectivity index (χ4v) is 5.12. The molecule has 4 aromatic rings. The van der Waals surface area contributed by atoms with Gasteiger partial charge >= 0.3 is 5.63 Å². The summed E-state index contributed by atoms with van der Waals surface area (Å²) < 4.78 is 6.31. The molecule has 7 heteroatoms. The highest BCUT2D eigenvalue weighted by Gasteiger charge is 2.13. The van der Waals surface area contributed by atoms with E-state index < -0.39 is 0 Å². The molecule has 0 radical (unpaired) electrons. The number of aryl methyl sites for hydroxylation is 1. The maximum Gasteiger partial charge on any atom is 0.336 e. The summed E-state index contributed by atoms with van der Waals surface area (Å²) in [5.41, 5.74) is 4.89. The van der Waals surface area contributed by atoms with Crippen LogP contribution in [-0.4, -0.2) is 10.2 Å². The van der Waals surface area contributed by atoms with Crippen LogP contribution < -0.4 is 10.9 Å². The van der Waals surface area contributed by atoms with Crippen molar-refractivity contribution in [3.63, 3.8) is 0 Å². The van der Waals surface area contributed by atoms with Gasteiger partial charge in [-0.05, 0) is 47.2 Å². The minimum absolute atomic E-state index is 0.322. The Bertz CT molecular complexity index is 1220. The van der Waals surface area contributed by atoms with Gasteiger partial charge in [0.15, 0.2) is 4.34 Å². The Morgan fingerprint density at radius 3 is 2.70 bits per heavy atom. The van der Waals surface area contributed by atoms with Gasteiger partial charge in [0.25, 0.3) is 0 Å². The van der Waals surface area contributed by atoms with Crippen molar-refractivity contribution in [3.05, 3.63) is 81.2 Å². The molecular weight excluding hydrogens is 414 g/mol. The monoisotopic (exact) mass is 437 g/mol. The van der Waals surface area contributed by atoms with Crippen LogP contribution in [0.4, 0.5) is 5.13 Å². The molecule has 0 saturated carbocycles. The summed E-state index contributed by atoms with van der Waals surface area (Å²) in [6, 6.07) is 15.9. The minimum atomic E-state index is -0.322. The Kier molecular flexibility index (Phi) is 6.20. The van der Waals surface area contributed by atoms with Gasteiger partial charge in [-0.1, -0.05) is 67.3 Å². The number of aromatic nitrogens is 2. The van der Waals surface area contributed by atoms with Crippen molar-refractivity contribution in [3.8, 4) is 0 Å². The highest BCUT2D eigenvalue weighted by molar-refractivity contribution is 8.00. The summed E-state index contributed by atoms with van der Waals surface area (Å²) in [7, 11) is 0. The average Bonchev–Trinajstić information content (AvgIpc) is 3.18. The van der Waals surface area contributed by atoms with Gasteiger partial charge in [-0.3, -0.25) is 0 Å². The van der Waals surface area contributed by atoms with Crippen LogP contribution in [0.5, 0.6) is 0 Å². The maximum absolute atomic E-state index is 12.1. The van der Waals surface area contributed by atoms with Crippen LogP contribution in [0.3, 0.4) is 0 Å². The van der Waals surface area contributed by atoms with E-state index in [0.29, 0.717) is 23.8 Å². The second-order valence-electron chi connectivity index (χ2n) is 7.45. The van der Waals surface area contributed by atoms with E-state index in [1.807, 2.05) is 24.3 Å². The molecular formula is C23H23N3O2S2. The third-order valence-corrected chi connectivity index (χ3v) is 6.95. The third-order valence-electron chi connectivity index (χ3n) is 4.88. The topological polar surface area (TPSA) is 68.0 Å². The Morgan fingerprint density at radius 1 is 1.13 bits per heavy atom. The van der Waals surface area contributed by atoms with Crippen molar-refractivity contribution in [1.29, 1.82) is 0 Å². The number of nitrogens with zero attached hydrogens (tertiary/aromatic N) is 2. The van der Waals surface area contributed by atoms with Crippen molar-refractivity contribution in [2.24, 2.45) is 0 Å². The summed E-state index contributed by atoms with van der Waals surface area (Å²) in [6.45, 7) is 7.11. The van der Waals surface area contributed by atoms with E-state index in [0.717, 1.165) is 26.0 Å². The van der Waals surface area contributed by atoms with E-state index >= 15 is 0 Å². The molecule has 0 unspecified atom stereocenters. The normalized spacial score (nSPS) is 11.3. The second-order valence-corrected chi connectivity index (χ2v) is 9.65. The van der Waals surface area contributed by atoms with Gasteiger partial charge < -0.3 is 9.73 Å². The first-order valence-corrected chi connectivity index (χ1v) is 11.6. The van der Waals surface area contributed by atoms with Crippen LogP contribution in [0, 0.1) is 6.92 Å². The Hall–Kier alpha value is -2.64. The fraction of sp³-hybridized carbons (Fsp3) is 0.261. The lowest BCUT2D eigenvalue weighted by Crippen LogP contribution is -2.02. The van der Waals surface area contributed by atoms with Crippen molar-refractivity contribution in [2.45, 2.75) is 43.3 Å². The number of thioether (sulfide) groups is 1. The van der Waals surface area contributed by atoms with Crippen LogP contribution in [0.1, 0.15) is 42.0 Å². The van der Waals surface area contributed by atoms with Crippen LogP contribution in [-0.2, 0) is 12.3 Å².